The topological polar surface area (TPSA) is 69.9 Å². The molecule has 0 radical (unpaired) electrons. The van der Waals surface area contributed by atoms with Gasteiger partial charge in [0, 0.05) is 23.8 Å². The smallest absolute Gasteiger partial charge is 0.274 e. The number of furan rings is 1. The first-order chi connectivity index (χ1) is 11.9. The predicted octanol–water partition coefficient (Wildman–Crippen LogP) is 3.40. The number of aliphatic imine (C=N–C) groups is 1. The minimum Gasteiger partial charge on any atom is -0.462 e. The number of hydrogen-bond donors (Lipinski definition) is 2. The van der Waals surface area contributed by atoms with Crippen LogP contribution in [-0.4, -0.2) is 28.9 Å². The molecule has 0 bridgehead atoms. The van der Waals surface area contributed by atoms with Crippen LogP contribution in [-0.2, 0) is 4.79 Å². The van der Waals surface area contributed by atoms with Gasteiger partial charge in [-0.3, -0.25) is 10.1 Å². The molecule has 1 aromatic heterocycles. The highest BCUT2D eigenvalue weighted by Gasteiger charge is 2.29. The average molecular weight is 375 g/mol. The molecule has 0 atom stereocenters. The van der Waals surface area contributed by atoms with Gasteiger partial charge in [0.25, 0.3) is 5.91 Å². The normalized spacial score (nSPS) is 17.2. The van der Waals surface area contributed by atoms with Crippen molar-refractivity contribution in [3.05, 3.63) is 58.6 Å². The van der Waals surface area contributed by atoms with Crippen molar-refractivity contribution in [2.45, 2.75) is 6.92 Å². The highest BCUT2D eigenvalue weighted by Crippen LogP contribution is 2.18. The number of carbonyl (C=O) groups excluding carboxylic acids is 1. The Labute approximate surface area is 155 Å². The van der Waals surface area contributed by atoms with Crippen molar-refractivity contribution < 1.29 is 9.21 Å². The first-order valence-electron chi connectivity index (χ1n) is 7.41. The Hall–Kier alpha value is -2.64. The van der Waals surface area contributed by atoms with E-state index in [1.807, 2.05) is 19.1 Å². The Kier molecular flexibility index (Phi) is 4.87. The number of nitrogens with zero attached hydrogens (tertiary/aromatic N) is 2. The molecule has 1 aliphatic heterocycles. The second-order valence-electron chi connectivity index (χ2n) is 5.37. The number of amides is 1. The van der Waals surface area contributed by atoms with Crippen molar-refractivity contribution >= 4 is 52.6 Å². The van der Waals surface area contributed by atoms with Crippen LogP contribution in [0.25, 0.3) is 6.08 Å². The summed E-state index contributed by atoms with van der Waals surface area (Å²) in [6.45, 7) is 1.84. The van der Waals surface area contributed by atoms with Crippen molar-refractivity contribution in [3.8, 4) is 0 Å². The molecule has 1 aromatic carbocycles. The third-order valence-electron chi connectivity index (χ3n) is 3.46. The van der Waals surface area contributed by atoms with Gasteiger partial charge in [0.1, 0.15) is 17.2 Å². The lowest BCUT2D eigenvalue weighted by molar-refractivity contribution is -0.115. The van der Waals surface area contributed by atoms with E-state index in [0.717, 1.165) is 11.4 Å². The number of nitrogens with one attached hydrogen (secondary N) is 2. The van der Waals surface area contributed by atoms with E-state index in [4.69, 9.17) is 28.2 Å². The van der Waals surface area contributed by atoms with Crippen molar-refractivity contribution in [2.75, 3.05) is 12.4 Å². The van der Waals surface area contributed by atoms with Gasteiger partial charge < -0.3 is 14.6 Å². The van der Waals surface area contributed by atoms with E-state index in [1.54, 1.807) is 42.3 Å². The van der Waals surface area contributed by atoms with Crippen LogP contribution in [0.3, 0.4) is 0 Å². The average Bonchev–Trinajstić information content (AvgIpc) is 3.06. The number of likely N-dealkylation sites (N-methyl/N-ethyl adjacent to an activating group) is 1. The Balaban J connectivity index is 1.76. The molecule has 1 fully saturated rings. The summed E-state index contributed by atoms with van der Waals surface area (Å²) in [6, 6.07) is 10.7. The van der Waals surface area contributed by atoms with Gasteiger partial charge in [-0.1, -0.05) is 17.7 Å². The fourth-order valence-corrected chi connectivity index (χ4v) is 2.66. The van der Waals surface area contributed by atoms with Crippen LogP contribution in [0.4, 0.5) is 5.69 Å². The van der Waals surface area contributed by atoms with Gasteiger partial charge in [-0.15, -0.1) is 0 Å². The molecular formula is C17H15ClN4O2S. The highest BCUT2D eigenvalue weighted by atomic mass is 35.5. The first-order valence-corrected chi connectivity index (χ1v) is 8.19. The zero-order chi connectivity index (χ0) is 18.0. The second kappa shape index (κ2) is 7.08. The van der Waals surface area contributed by atoms with E-state index in [1.165, 1.54) is 0 Å². The fraction of sp³-hybridized carbons (Fsp3) is 0.118. The lowest BCUT2D eigenvalue weighted by Crippen LogP contribution is -2.29. The summed E-state index contributed by atoms with van der Waals surface area (Å²) in [5.74, 6) is 1.42. The molecule has 128 valence electrons. The summed E-state index contributed by atoms with van der Waals surface area (Å²) in [5.41, 5.74) is 1.13. The van der Waals surface area contributed by atoms with Crippen LogP contribution in [0.1, 0.15) is 11.5 Å². The number of halogens is 1. The quantitative estimate of drug-likeness (QED) is 0.622. The molecule has 8 heteroatoms. The molecule has 2 N–H and O–H groups in total. The van der Waals surface area contributed by atoms with Crippen molar-refractivity contribution in [1.29, 1.82) is 0 Å². The van der Waals surface area contributed by atoms with Gasteiger partial charge in [-0.25, -0.2) is 0 Å². The number of guanidine groups is 1. The number of carbonyl (C=O) groups is 1. The minimum atomic E-state index is -0.277. The van der Waals surface area contributed by atoms with Gasteiger partial charge in [0.05, 0.1) is 0 Å². The number of rotatable bonds is 2. The summed E-state index contributed by atoms with van der Waals surface area (Å²) in [7, 11) is 1.72. The lowest BCUT2D eigenvalue weighted by Gasteiger charge is -2.11. The van der Waals surface area contributed by atoms with Gasteiger partial charge in [-0.05, 0) is 49.5 Å². The molecule has 3 rings (SSSR count). The molecule has 1 saturated heterocycles. The summed E-state index contributed by atoms with van der Waals surface area (Å²) >= 11 is 11.2. The molecule has 25 heavy (non-hydrogen) atoms. The van der Waals surface area contributed by atoms with Gasteiger partial charge in [0.2, 0.25) is 11.1 Å². The summed E-state index contributed by atoms with van der Waals surface area (Å²) < 4.78 is 5.48. The summed E-state index contributed by atoms with van der Waals surface area (Å²) in [6.07, 6.45) is 1.65. The molecule has 1 aliphatic rings. The third-order valence-corrected chi connectivity index (χ3v) is 3.89. The van der Waals surface area contributed by atoms with Crippen LogP contribution in [0.5, 0.6) is 0 Å². The zero-order valence-electron chi connectivity index (χ0n) is 13.5. The standard InChI is InChI=1S/C17H15ClN4O2S/c1-10-6-7-13(24-10)9-14-15(23)20-16(22(14)2)21-17(25)19-12-5-3-4-11(18)8-12/h3-9H,1-2H3,(H2,19,20,21,23,25)/b14-9-. The Bertz CT molecular complexity index is 904. The predicted molar refractivity (Wildman–Crippen MR) is 102 cm³/mol. The number of aryl methyl sites for hydroxylation is 1. The van der Waals surface area contributed by atoms with E-state index < -0.39 is 0 Å². The summed E-state index contributed by atoms with van der Waals surface area (Å²) in [4.78, 5) is 18.0. The molecule has 2 heterocycles. The van der Waals surface area contributed by atoms with Crippen molar-refractivity contribution in [1.82, 2.24) is 10.2 Å². The van der Waals surface area contributed by atoms with E-state index in [2.05, 4.69) is 15.6 Å². The van der Waals surface area contributed by atoms with Crippen LogP contribution < -0.4 is 10.6 Å². The molecule has 0 unspecified atom stereocenters. The van der Waals surface area contributed by atoms with Crippen molar-refractivity contribution in [3.63, 3.8) is 0 Å². The molecule has 0 saturated carbocycles. The van der Waals surface area contributed by atoms with Crippen LogP contribution in [0, 0.1) is 6.92 Å². The highest BCUT2D eigenvalue weighted by molar-refractivity contribution is 7.80. The van der Waals surface area contributed by atoms with E-state index in [0.29, 0.717) is 22.4 Å². The fourth-order valence-electron chi connectivity index (χ4n) is 2.26. The monoisotopic (exact) mass is 374 g/mol. The van der Waals surface area contributed by atoms with Crippen LogP contribution in [0.15, 0.2) is 51.5 Å². The largest absolute Gasteiger partial charge is 0.462 e. The maximum atomic E-state index is 12.2. The maximum Gasteiger partial charge on any atom is 0.274 e. The van der Waals surface area contributed by atoms with Gasteiger partial charge in [0.15, 0.2) is 0 Å². The minimum absolute atomic E-state index is 0.208. The summed E-state index contributed by atoms with van der Waals surface area (Å²) in [5, 5.41) is 6.44. The lowest BCUT2D eigenvalue weighted by atomic mass is 10.3. The molecule has 6 nitrogen and oxygen atoms in total. The third kappa shape index (κ3) is 4.07. The molecule has 0 aliphatic carbocycles. The first kappa shape index (κ1) is 17.2. The zero-order valence-corrected chi connectivity index (χ0v) is 15.1. The van der Waals surface area contributed by atoms with Crippen molar-refractivity contribution in [2.24, 2.45) is 4.99 Å². The number of benzene rings is 1. The molecule has 0 spiro atoms. The van der Waals surface area contributed by atoms with Crippen LogP contribution in [0.2, 0.25) is 5.02 Å². The Morgan fingerprint density at radius 3 is 2.88 bits per heavy atom. The number of hydrogen-bond acceptors (Lipinski definition) is 3. The number of anilines is 1. The Morgan fingerprint density at radius 2 is 2.20 bits per heavy atom. The van der Waals surface area contributed by atoms with Crippen LogP contribution >= 0.6 is 23.8 Å². The second-order valence-corrected chi connectivity index (χ2v) is 6.19. The molecule has 2 aromatic rings. The molecule has 1 amide bonds. The van der Waals surface area contributed by atoms with Gasteiger partial charge >= 0.3 is 0 Å². The van der Waals surface area contributed by atoms with E-state index in [-0.39, 0.29) is 11.0 Å². The Morgan fingerprint density at radius 1 is 1.40 bits per heavy atom. The number of thiocarbonyl (C=S) groups is 1. The van der Waals surface area contributed by atoms with E-state index in [9.17, 15) is 4.79 Å². The SMILES string of the molecule is Cc1ccc(/C=C2/C(=O)N/C(=N\C(=S)Nc3cccc(Cl)c3)N2C)o1. The maximum absolute atomic E-state index is 12.2. The molecular weight excluding hydrogens is 360 g/mol. The van der Waals surface area contributed by atoms with Gasteiger partial charge in [-0.2, -0.15) is 4.99 Å². The van der Waals surface area contributed by atoms with E-state index >= 15 is 0 Å².